The minimum absolute atomic E-state index is 0.0208. The maximum Gasteiger partial charge on any atom is 0.341 e. The molecule has 0 saturated carbocycles. The minimum Gasteiger partial charge on any atom is -0.481 e. The average Bonchev–Trinajstić information content (AvgIpc) is 2.39. The number of para-hydroxylation sites is 1. The summed E-state index contributed by atoms with van der Waals surface area (Å²) in [6.07, 6.45) is 0.339. The number of rotatable bonds is 7. The number of benzene rings is 1. The fraction of sp³-hybridized carbons (Fsp3) is 0.417. The molecule has 0 bridgehead atoms. The number of sulfone groups is 1. The third-order valence-electron chi connectivity index (χ3n) is 2.81. The number of anilines is 1. The first kappa shape index (κ1) is 16.4. The van der Waals surface area contributed by atoms with E-state index in [1.165, 1.54) is 18.2 Å². The van der Waals surface area contributed by atoms with Crippen LogP contribution in [0.4, 0.5) is 14.5 Å². The lowest BCUT2D eigenvalue weighted by molar-refractivity contribution is -0.141. The Bertz CT molecular complexity index is 575. The molecule has 1 aromatic rings. The third kappa shape index (κ3) is 3.66. The van der Waals surface area contributed by atoms with E-state index in [1.54, 1.807) is 6.92 Å². The van der Waals surface area contributed by atoms with Crippen molar-refractivity contribution in [3.63, 3.8) is 0 Å². The molecule has 0 heterocycles. The predicted octanol–water partition coefficient (Wildman–Crippen LogP) is 2.21. The second-order valence-electron chi connectivity index (χ2n) is 4.13. The smallest absolute Gasteiger partial charge is 0.341 e. The van der Waals surface area contributed by atoms with Crippen LogP contribution in [0.25, 0.3) is 0 Å². The molecule has 0 aliphatic carbocycles. The Morgan fingerprint density at radius 2 is 1.95 bits per heavy atom. The lowest BCUT2D eigenvalue weighted by atomic mass is 10.1. The normalized spacial score (nSPS) is 13.2. The molecule has 0 spiro atoms. The first-order valence-corrected chi connectivity index (χ1v) is 7.43. The second kappa shape index (κ2) is 6.65. The lowest BCUT2D eigenvalue weighted by Crippen LogP contribution is -2.23. The van der Waals surface area contributed by atoms with Gasteiger partial charge in [-0.1, -0.05) is 19.1 Å². The van der Waals surface area contributed by atoms with E-state index in [2.05, 4.69) is 5.32 Å². The summed E-state index contributed by atoms with van der Waals surface area (Å²) < 4.78 is 48.1. The number of carboxylic acid groups (broad SMARTS) is 1. The number of hydrogen-bond donors (Lipinski definition) is 2. The number of hydrogen-bond acceptors (Lipinski definition) is 4. The number of aliphatic carboxylic acids is 1. The van der Waals surface area contributed by atoms with Crippen molar-refractivity contribution in [1.29, 1.82) is 0 Å². The maximum absolute atomic E-state index is 12.6. The zero-order chi connectivity index (χ0) is 15.3. The number of carbonyl (C=O) groups is 1. The summed E-state index contributed by atoms with van der Waals surface area (Å²) in [6, 6.07) is 5.19. The van der Waals surface area contributed by atoms with E-state index in [-0.39, 0.29) is 12.2 Å². The Labute approximate surface area is 115 Å². The molecule has 0 amide bonds. The van der Waals surface area contributed by atoms with Gasteiger partial charge in [-0.05, 0) is 18.6 Å². The summed E-state index contributed by atoms with van der Waals surface area (Å²) in [6.45, 7) is 1.63. The van der Waals surface area contributed by atoms with E-state index in [0.29, 0.717) is 6.42 Å². The predicted molar refractivity (Wildman–Crippen MR) is 69.5 cm³/mol. The number of nitrogens with one attached hydrogen (secondary N) is 1. The van der Waals surface area contributed by atoms with Gasteiger partial charge in [0.1, 0.15) is 0 Å². The molecule has 1 unspecified atom stereocenters. The van der Waals surface area contributed by atoms with Crippen LogP contribution in [0.3, 0.4) is 0 Å². The molecule has 8 heteroatoms. The summed E-state index contributed by atoms with van der Waals surface area (Å²) in [7, 11) is -4.73. The molecule has 1 atom stereocenters. The fourth-order valence-electron chi connectivity index (χ4n) is 1.60. The maximum atomic E-state index is 12.6. The number of carboxylic acids is 1. The van der Waals surface area contributed by atoms with Crippen molar-refractivity contribution in [3.05, 3.63) is 24.3 Å². The Hall–Kier alpha value is -1.70. The van der Waals surface area contributed by atoms with E-state index in [4.69, 9.17) is 5.11 Å². The van der Waals surface area contributed by atoms with E-state index in [9.17, 15) is 22.0 Å². The van der Waals surface area contributed by atoms with Crippen LogP contribution in [-0.4, -0.2) is 31.8 Å². The highest BCUT2D eigenvalue weighted by atomic mass is 32.2. The van der Waals surface area contributed by atoms with E-state index in [1.807, 2.05) is 0 Å². The quantitative estimate of drug-likeness (QED) is 0.807. The Morgan fingerprint density at radius 3 is 2.45 bits per heavy atom. The van der Waals surface area contributed by atoms with Crippen molar-refractivity contribution in [2.75, 3.05) is 11.9 Å². The molecule has 0 aromatic heterocycles. The van der Waals surface area contributed by atoms with Crippen LogP contribution in [0.1, 0.15) is 13.3 Å². The zero-order valence-corrected chi connectivity index (χ0v) is 11.5. The van der Waals surface area contributed by atoms with Crippen LogP contribution in [0, 0.1) is 5.92 Å². The van der Waals surface area contributed by atoms with Gasteiger partial charge in [0.05, 0.1) is 16.5 Å². The topological polar surface area (TPSA) is 83.5 Å². The van der Waals surface area contributed by atoms with E-state index < -0.39 is 32.4 Å². The van der Waals surface area contributed by atoms with Crippen molar-refractivity contribution in [2.24, 2.45) is 5.92 Å². The van der Waals surface area contributed by atoms with Gasteiger partial charge in [-0.2, -0.15) is 8.78 Å². The molecule has 0 aliphatic rings. The van der Waals surface area contributed by atoms with E-state index >= 15 is 0 Å². The standard InChI is InChI=1S/C12H15F2NO4S/c1-2-8(11(16)17)7-15-9-5-3-4-6-10(9)20(18,19)12(13)14/h3-6,8,12,15H,2,7H2,1H3,(H,16,17). The Kier molecular flexibility index (Phi) is 5.43. The summed E-state index contributed by atoms with van der Waals surface area (Å²) in [5.41, 5.74) is -0.0208. The van der Waals surface area contributed by atoms with E-state index in [0.717, 1.165) is 6.07 Å². The summed E-state index contributed by atoms with van der Waals surface area (Å²) in [4.78, 5) is 10.3. The molecule has 0 radical (unpaired) electrons. The molecule has 0 saturated heterocycles. The number of alkyl halides is 2. The fourth-order valence-corrected chi connectivity index (χ4v) is 2.50. The highest BCUT2D eigenvalue weighted by molar-refractivity contribution is 7.91. The van der Waals surface area contributed by atoms with Gasteiger partial charge >= 0.3 is 11.7 Å². The molecule has 2 N–H and O–H groups in total. The first-order valence-electron chi connectivity index (χ1n) is 5.88. The van der Waals surface area contributed by atoms with Crippen molar-refractivity contribution >= 4 is 21.5 Å². The van der Waals surface area contributed by atoms with Crippen LogP contribution < -0.4 is 5.32 Å². The average molecular weight is 307 g/mol. The van der Waals surface area contributed by atoms with Crippen LogP contribution in [0.15, 0.2) is 29.2 Å². The molecule has 5 nitrogen and oxygen atoms in total. The Balaban J connectivity index is 3.01. The van der Waals surface area contributed by atoms with Gasteiger partial charge in [-0.15, -0.1) is 0 Å². The highest BCUT2D eigenvalue weighted by Gasteiger charge is 2.29. The van der Waals surface area contributed by atoms with Gasteiger partial charge in [0, 0.05) is 6.54 Å². The monoisotopic (exact) mass is 307 g/mol. The molecular weight excluding hydrogens is 292 g/mol. The zero-order valence-electron chi connectivity index (χ0n) is 10.7. The Morgan fingerprint density at radius 1 is 1.35 bits per heavy atom. The van der Waals surface area contributed by atoms with Crippen molar-refractivity contribution in [3.8, 4) is 0 Å². The molecule has 0 aliphatic heterocycles. The van der Waals surface area contributed by atoms with Gasteiger partial charge in [-0.3, -0.25) is 4.79 Å². The summed E-state index contributed by atoms with van der Waals surface area (Å²) >= 11 is 0. The second-order valence-corrected chi connectivity index (χ2v) is 6.01. The molecule has 20 heavy (non-hydrogen) atoms. The van der Waals surface area contributed by atoms with Crippen molar-refractivity contribution in [2.45, 2.75) is 24.0 Å². The van der Waals surface area contributed by atoms with Gasteiger partial charge < -0.3 is 10.4 Å². The number of halogens is 2. The SMILES string of the molecule is CCC(CNc1ccccc1S(=O)(=O)C(F)F)C(=O)O. The van der Waals surface area contributed by atoms with Gasteiger partial charge in [0.25, 0.3) is 0 Å². The summed E-state index contributed by atoms with van der Waals surface area (Å²) in [5.74, 6) is -5.28. The molecule has 112 valence electrons. The van der Waals surface area contributed by atoms with Crippen LogP contribution in [0.2, 0.25) is 0 Å². The van der Waals surface area contributed by atoms with Gasteiger partial charge in [0.15, 0.2) is 0 Å². The molecule has 0 fully saturated rings. The molecule has 1 rings (SSSR count). The van der Waals surface area contributed by atoms with Crippen LogP contribution in [-0.2, 0) is 14.6 Å². The van der Waals surface area contributed by atoms with Gasteiger partial charge in [0.2, 0.25) is 9.84 Å². The first-order chi connectivity index (χ1) is 9.30. The largest absolute Gasteiger partial charge is 0.481 e. The minimum atomic E-state index is -4.73. The molecule has 1 aromatic carbocycles. The third-order valence-corrected chi connectivity index (χ3v) is 4.25. The summed E-state index contributed by atoms with van der Waals surface area (Å²) in [5, 5.41) is 11.5. The van der Waals surface area contributed by atoms with Crippen molar-refractivity contribution < 1.29 is 27.1 Å². The lowest BCUT2D eigenvalue weighted by Gasteiger charge is -2.15. The van der Waals surface area contributed by atoms with Crippen molar-refractivity contribution in [1.82, 2.24) is 0 Å². The molecular formula is C12H15F2NO4S. The van der Waals surface area contributed by atoms with Crippen LogP contribution in [0.5, 0.6) is 0 Å². The highest BCUT2D eigenvalue weighted by Crippen LogP contribution is 2.26. The van der Waals surface area contributed by atoms with Gasteiger partial charge in [-0.25, -0.2) is 8.42 Å². The van der Waals surface area contributed by atoms with Crippen LogP contribution >= 0.6 is 0 Å².